The Bertz CT molecular complexity index is 557. The molecule has 1 N–H and O–H groups in total. The van der Waals surface area contributed by atoms with Crippen molar-refractivity contribution >= 4 is 29.3 Å². The van der Waals surface area contributed by atoms with E-state index in [4.69, 9.17) is 4.74 Å². The van der Waals surface area contributed by atoms with Gasteiger partial charge in [0, 0.05) is 63.9 Å². The molecule has 1 aromatic heterocycles. The predicted molar refractivity (Wildman–Crippen MR) is 106 cm³/mol. The molecule has 144 valence electrons. The minimum atomic E-state index is 0.111. The fourth-order valence-corrected chi connectivity index (χ4v) is 4.28. The van der Waals surface area contributed by atoms with Gasteiger partial charge >= 0.3 is 0 Å². The number of piperidine rings is 1. The summed E-state index contributed by atoms with van der Waals surface area (Å²) in [4.78, 5) is 25.9. The van der Waals surface area contributed by atoms with Gasteiger partial charge in [-0.25, -0.2) is 9.97 Å². The van der Waals surface area contributed by atoms with E-state index < -0.39 is 0 Å². The molecule has 2 fully saturated rings. The van der Waals surface area contributed by atoms with Gasteiger partial charge in [-0.1, -0.05) is 0 Å². The molecule has 8 heteroatoms. The number of nitrogens with one attached hydrogen (secondary N) is 1. The number of rotatable bonds is 7. The van der Waals surface area contributed by atoms with Gasteiger partial charge in [0.05, 0.1) is 18.1 Å². The summed E-state index contributed by atoms with van der Waals surface area (Å²) in [6.07, 6.45) is 6.47. The van der Waals surface area contributed by atoms with Crippen LogP contribution in [0.5, 0.6) is 0 Å². The highest BCUT2D eigenvalue weighted by Gasteiger charge is 2.25. The Balaban J connectivity index is 1.44. The second-order valence-electron chi connectivity index (χ2n) is 6.74. The summed E-state index contributed by atoms with van der Waals surface area (Å²) in [7, 11) is 1.68. The van der Waals surface area contributed by atoms with E-state index in [0.29, 0.717) is 13.2 Å². The normalized spacial score (nSPS) is 18.8. The van der Waals surface area contributed by atoms with Crippen molar-refractivity contribution in [3.05, 3.63) is 12.4 Å². The fraction of sp³-hybridized carbons (Fsp3) is 0.722. The van der Waals surface area contributed by atoms with E-state index in [2.05, 4.69) is 25.1 Å². The largest absolute Gasteiger partial charge is 0.385 e. The van der Waals surface area contributed by atoms with Crippen molar-refractivity contribution in [3.63, 3.8) is 0 Å². The summed E-state index contributed by atoms with van der Waals surface area (Å²) >= 11 is 1.98. The van der Waals surface area contributed by atoms with E-state index in [1.54, 1.807) is 7.11 Å². The average molecular weight is 380 g/mol. The topological polar surface area (TPSA) is 70.6 Å². The number of hydrogen-bond donors (Lipinski definition) is 1. The lowest BCUT2D eigenvalue weighted by Gasteiger charge is -2.33. The van der Waals surface area contributed by atoms with Crippen LogP contribution in [0, 0.1) is 5.92 Å². The minimum Gasteiger partial charge on any atom is -0.385 e. The first-order valence-corrected chi connectivity index (χ1v) is 10.6. The van der Waals surface area contributed by atoms with Crippen LogP contribution in [0.4, 0.5) is 11.6 Å². The zero-order chi connectivity index (χ0) is 18.2. The van der Waals surface area contributed by atoms with Crippen molar-refractivity contribution in [1.29, 1.82) is 0 Å². The highest BCUT2D eigenvalue weighted by Crippen LogP contribution is 2.23. The van der Waals surface area contributed by atoms with Gasteiger partial charge in [-0.2, -0.15) is 11.8 Å². The number of carbonyl (C=O) groups is 1. The molecular formula is C18H29N5O2S. The molecule has 1 amide bonds. The third-order valence-corrected chi connectivity index (χ3v) is 5.92. The number of thioether (sulfide) groups is 1. The first kappa shape index (κ1) is 19.2. The Morgan fingerprint density at radius 1 is 1.19 bits per heavy atom. The van der Waals surface area contributed by atoms with Crippen molar-refractivity contribution in [2.24, 2.45) is 5.92 Å². The van der Waals surface area contributed by atoms with Crippen molar-refractivity contribution in [3.8, 4) is 0 Å². The maximum atomic E-state index is 12.2. The SMILES string of the molecule is COCCCNC(=O)C1CCN(c2cnc(N3CCSCC3)nc2)CC1. The molecule has 0 unspecified atom stereocenters. The number of ether oxygens (including phenoxy) is 1. The second kappa shape index (κ2) is 9.97. The molecule has 2 saturated heterocycles. The van der Waals surface area contributed by atoms with Crippen molar-refractivity contribution < 1.29 is 9.53 Å². The lowest BCUT2D eigenvalue weighted by molar-refractivity contribution is -0.125. The number of methoxy groups -OCH3 is 1. The Morgan fingerprint density at radius 2 is 1.88 bits per heavy atom. The Hall–Kier alpha value is -1.54. The number of amides is 1. The molecule has 3 rings (SSSR count). The van der Waals surface area contributed by atoms with Crippen LogP contribution in [-0.4, -0.2) is 73.8 Å². The quantitative estimate of drug-likeness (QED) is 0.718. The van der Waals surface area contributed by atoms with E-state index in [-0.39, 0.29) is 11.8 Å². The van der Waals surface area contributed by atoms with Gasteiger partial charge in [-0.15, -0.1) is 0 Å². The van der Waals surface area contributed by atoms with Crippen molar-refractivity contribution in [2.45, 2.75) is 19.3 Å². The summed E-state index contributed by atoms with van der Waals surface area (Å²) in [5.74, 6) is 3.41. The molecule has 0 spiro atoms. The highest BCUT2D eigenvalue weighted by atomic mass is 32.2. The second-order valence-corrected chi connectivity index (χ2v) is 7.96. The van der Waals surface area contributed by atoms with Gasteiger partial charge in [0.1, 0.15) is 0 Å². The predicted octanol–water partition coefficient (Wildman–Crippen LogP) is 1.40. The number of hydrogen-bond acceptors (Lipinski definition) is 7. The molecular weight excluding hydrogens is 350 g/mol. The molecule has 0 atom stereocenters. The lowest BCUT2D eigenvalue weighted by Crippen LogP contribution is -2.41. The van der Waals surface area contributed by atoms with Crippen LogP contribution < -0.4 is 15.1 Å². The smallest absolute Gasteiger partial charge is 0.225 e. The van der Waals surface area contributed by atoms with Crippen LogP contribution >= 0.6 is 11.8 Å². The average Bonchev–Trinajstić information content (AvgIpc) is 2.72. The van der Waals surface area contributed by atoms with Gasteiger partial charge < -0.3 is 19.9 Å². The zero-order valence-corrected chi connectivity index (χ0v) is 16.3. The molecule has 0 aromatic carbocycles. The molecule has 2 aliphatic rings. The number of carbonyl (C=O) groups excluding carboxylic acids is 1. The van der Waals surface area contributed by atoms with E-state index in [0.717, 1.165) is 68.6 Å². The molecule has 0 saturated carbocycles. The summed E-state index contributed by atoms with van der Waals surface area (Å²) in [6.45, 7) is 5.17. The number of anilines is 2. The summed E-state index contributed by atoms with van der Waals surface area (Å²) in [5, 5.41) is 3.02. The van der Waals surface area contributed by atoms with Gasteiger partial charge in [0.2, 0.25) is 11.9 Å². The van der Waals surface area contributed by atoms with Crippen LogP contribution in [0.2, 0.25) is 0 Å². The van der Waals surface area contributed by atoms with Crippen LogP contribution in [0.1, 0.15) is 19.3 Å². The summed E-state index contributed by atoms with van der Waals surface area (Å²) in [6, 6.07) is 0. The fourth-order valence-electron chi connectivity index (χ4n) is 3.38. The monoisotopic (exact) mass is 379 g/mol. The Labute approximate surface area is 159 Å². The molecule has 0 radical (unpaired) electrons. The molecule has 0 aliphatic carbocycles. The van der Waals surface area contributed by atoms with Crippen LogP contribution in [-0.2, 0) is 9.53 Å². The minimum absolute atomic E-state index is 0.111. The summed E-state index contributed by atoms with van der Waals surface area (Å²) in [5.41, 5.74) is 1.05. The molecule has 7 nitrogen and oxygen atoms in total. The molecule has 0 bridgehead atoms. The van der Waals surface area contributed by atoms with Gasteiger partial charge in [0.25, 0.3) is 0 Å². The van der Waals surface area contributed by atoms with E-state index in [9.17, 15) is 4.79 Å². The van der Waals surface area contributed by atoms with Crippen molar-refractivity contribution in [1.82, 2.24) is 15.3 Å². The maximum Gasteiger partial charge on any atom is 0.225 e. The van der Waals surface area contributed by atoms with E-state index in [1.165, 1.54) is 0 Å². The van der Waals surface area contributed by atoms with Crippen molar-refractivity contribution in [2.75, 3.05) is 67.7 Å². The molecule has 1 aromatic rings. The van der Waals surface area contributed by atoms with Crippen LogP contribution in [0.15, 0.2) is 12.4 Å². The zero-order valence-electron chi connectivity index (χ0n) is 15.5. The molecule has 2 aliphatic heterocycles. The number of aromatic nitrogens is 2. The lowest BCUT2D eigenvalue weighted by atomic mass is 9.95. The van der Waals surface area contributed by atoms with Gasteiger partial charge in [0.15, 0.2) is 0 Å². The Kier molecular flexibility index (Phi) is 7.37. The first-order chi connectivity index (χ1) is 12.8. The molecule has 26 heavy (non-hydrogen) atoms. The van der Waals surface area contributed by atoms with Crippen LogP contribution in [0.25, 0.3) is 0 Å². The third kappa shape index (κ3) is 5.23. The molecule has 3 heterocycles. The first-order valence-electron chi connectivity index (χ1n) is 9.44. The van der Waals surface area contributed by atoms with E-state index >= 15 is 0 Å². The van der Waals surface area contributed by atoms with Crippen LogP contribution in [0.3, 0.4) is 0 Å². The standard InChI is InChI=1S/C18H29N5O2S/c1-25-10-2-5-19-17(24)15-3-6-22(7-4-15)16-13-20-18(21-14-16)23-8-11-26-12-9-23/h13-15H,2-12H2,1H3,(H,19,24). The van der Waals surface area contributed by atoms with E-state index in [1.807, 2.05) is 24.2 Å². The maximum absolute atomic E-state index is 12.2. The third-order valence-electron chi connectivity index (χ3n) is 4.97. The summed E-state index contributed by atoms with van der Waals surface area (Å²) < 4.78 is 5.01. The number of nitrogens with zero attached hydrogens (tertiary/aromatic N) is 4. The van der Waals surface area contributed by atoms with Gasteiger partial charge in [-0.05, 0) is 19.3 Å². The highest BCUT2D eigenvalue weighted by molar-refractivity contribution is 7.99. The van der Waals surface area contributed by atoms with Gasteiger partial charge in [-0.3, -0.25) is 4.79 Å². The Morgan fingerprint density at radius 3 is 2.54 bits per heavy atom.